The number of aryl methyl sites for hydroxylation is 1. The molecule has 76 valence electrons. The molecule has 0 unspecified atom stereocenters. The molecule has 0 aliphatic heterocycles. The average Bonchev–Trinajstić information content (AvgIpc) is 2.10. The fourth-order valence-corrected chi connectivity index (χ4v) is 1.58. The van der Waals surface area contributed by atoms with Crippen LogP contribution in [-0.4, -0.2) is 17.6 Å². The number of anilines is 1. The maximum absolute atomic E-state index is 10.3. The molecule has 0 bridgehead atoms. The van der Waals surface area contributed by atoms with Crippen molar-refractivity contribution in [1.29, 1.82) is 0 Å². The minimum Gasteiger partial charge on any atom is -0.481 e. The van der Waals surface area contributed by atoms with E-state index in [4.69, 9.17) is 5.11 Å². The minimum absolute atomic E-state index is 0.144. The van der Waals surface area contributed by atoms with Gasteiger partial charge in [-0.3, -0.25) is 4.79 Å². The largest absolute Gasteiger partial charge is 0.481 e. The van der Waals surface area contributed by atoms with Crippen LogP contribution in [0.4, 0.5) is 5.69 Å². The van der Waals surface area contributed by atoms with E-state index in [1.54, 1.807) is 0 Å². The molecule has 0 aromatic heterocycles. The van der Waals surface area contributed by atoms with Gasteiger partial charge < -0.3 is 10.4 Å². The third-order valence-electron chi connectivity index (χ3n) is 1.85. The molecule has 3 nitrogen and oxygen atoms in total. The normalized spacial score (nSPS) is 9.86. The standard InChI is InChI=1S/C10H12INO2/c1-7-2-3-8(11)6-9(7)12-5-4-10(13)14/h2-3,6,12H,4-5H2,1H3,(H,13,14). The lowest BCUT2D eigenvalue weighted by Crippen LogP contribution is -2.08. The van der Waals surface area contributed by atoms with Crippen LogP contribution in [0.1, 0.15) is 12.0 Å². The van der Waals surface area contributed by atoms with Crippen LogP contribution in [0.5, 0.6) is 0 Å². The van der Waals surface area contributed by atoms with Gasteiger partial charge in [0.15, 0.2) is 0 Å². The molecule has 0 atom stereocenters. The summed E-state index contributed by atoms with van der Waals surface area (Å²) in [4.78, 5) is 10.3. The molecule has 0 saturated carbocycles. The molecular weight excluding hydrogens is 293 g/mol. The van der Waals surface area contributed by atoms with Crippen LogP contribution in [0.25, 0.3) is 0 Å². The molecule has 2 N–H and O–H groups in total. The second-order valence-electron chi connectivity index (χ2n) is 3.03. The van der Waals surface area contributed by atoms with Crippen molar-refractivity contribution in [2.75, 3.05) is 11.9 Å². The lowest BCUT2D eigenvalue weighted by Gasteiger charge is -2.08. The van der Waals surface area contributed by atoms with E-state index in [-0.39, 0.29) is 6.42 Å². The number of aliphatic carboxylic acids is 1. The van der Waals surface area contributed by atoms with Gasteiger partial charge in [-0.1, -0.05) is 6.07 Å². The molecule has 0 aliphatic carbocycles. The Morgan fingerprint density at radius 2 is 2.29 bits per heavy atom. The van der Waals surface area contributed by atoms with E-state index in [0.717, 1.165) is 14.8 Å². The molecule has 4 heteroatoms. The smallest absolute Gasteiger partial charge is 0.305 e. The van der Waals surface area contributed by atoms with Crippen molar-refractivity contribution in [2.45, 2.75) is 13.3 Å². The zero-order valence-electron chi connectivity index (χ0n) is 7.88. The third kappa shape index (κ3) is 3.53. The first-order valence-electron chi connectivity index (χ1n) is 4.31. The summed E-state index contributed by atoms with van der Waals surface area (Å²) < 4.78 is 1.14. The number of rotatable bonds is 4. The molecule has 14 heavy (non-hydrogen) atoms. The van der Waals surface area contributed by atoms with Gasteiger partial charge >= 0.3 is 5.97 Å². The van der Waals surface area contributed by atoms with Crippen LogP contribution >= 0.6 is 22.6 Å². The van der Waals surface area contributed by atoms with Gasteiger partial charge in [0.1, 0.15) is 0 Å². The Kier molecular flexibility index (Phi) is 4.19. The maximum Gasteiger partial charge on any atom is 0.305 e. The zero-order valence-corrected chi connectivity index (χ0v) is 10.0. The molecule has 0 saturated heterocycles. The zero-order chi connectivity index (χ0) is 10.6. The highest BCUT2D eigenvalue weighted by Crippen LogP contribution is 2.17. The highest BCUT2D eigenvalue weighted by atomic mass is 127. The van der Waals surface area contributed by atoms with Crippen LogP contribution in [-0.2, 0) is 4.79 Å². The average molecular weight is 305 g/mol. The number of carboxylic acids is 1. The van der Waals surface area contributed by atoms with Crippen molar-refractivity contribution in [3.05, 3.63) is 27.3 Å². The van der Waals surface area contributed by atoms with E-state index < -0.39 is 5.97 Å². The van der Waals surface area contributed by atoms with Crippen LogP contribution < -0.4 is 5.32 Å². The van der Waals surface area contributed by atoms with Crippen LogP contribution in [0, 0.1) is 10.5 Å². The summed E-state index contributed by atoms with van der Waals surface area (Å²) in [6.07, 6.45) is 0.144. The number of hydrogen-bond acceptors (Lipinski definition) is 2. The van der Waals surface area contributed by atoms with Gasteiger partial charge in [0.2, 0.25) is 0 Å². The Morgan fingerprint density at radius 1 is 1.57 bits per heavy atom. The quantitative estimate of drug-likeness (QED) is 0.840. The predicted octanol–water partition coefficient (Wildman–Crippen LogP) is 2.49. The van der Waals surface area contributed by atoms with Gasteiger partial charge in [0.25, 0.3) is 0 Å². The summed E-state index contributed by atoms with van der Waals surface area (Å²) >= 11 is 2.23. The molecular formula is C10H12INO2. The minimum atomic E-state index is -0.777. The number of hydrogen-bond donors (Lipinski definition) is 2. The molecule has 0 heterocycles. The summed E-state index contributed by atoms with van der Waals surface area (Å²) in [7, 11) is 0. The van der Waals surface area contributed by atoms with Crippen molar-refractivity contribution in [1.82, 2.24) is 0 Å². The molecule has 1 rings (SSSR count). The highest BCUT2D eigenvalue weighted by Gasteiger charge is 2.00. The van der Waals surface area contributed by atoms with Gasteiger partial charge in [-0.25, -0.2) is 0 Å². The van der Waals surface area contributed by atoms with Gasteiger partial charge in [0.05, 0.1) is 6.42 Å². The highest BCUT2D eigenvalue weighted by molar-refractivity contribution is 14.1. The number of carboxylic acid groups (broad SMARTS) is 1. The van der Waals surface area contributed by atoms with Crippen LogP contribution in [0.3, 0.4) is 0 Å². The van der Waals surface area contributed by atoms with Gasteiger partial charge in [-0.2, -0.15) is 0 Å². The molecule has 0 fully saturated rings. The molecule has 1 aromatic carbocycles. The van der Waals surface area contributed by atoms with Gasteiger partial charge in [0, 0.05) is 15.8 Å². The Bertz CT molecular complexity index is 339. The number of benzene rings is 1. The predicted molar refractivity (Wildman–Crippen MR) is 64.6 cm³/mol. The Labute approximate surface area is 96.7 Å². The molecule has 0 aliphatic rings. The lowest BCUT2D eigenvalue weighted by atomic mass is 10.2. The van der Waals surface area contributed by atoms with Gasteiger partial charge in [-0.15, -0.1) is 0 Å². The van der Waals surface area contributed by atoms with E-state index >= 15 is 0 Å². The summed E-state index contributed by atoms with van der Waals surface area (Å²) in [6, 6.07) is 6.06. The Balaban J connectivity index is 2.57. The molecule has 0 radical (unpaired) electrons. The second kappa shape index (κ2) is 5.19. The second-order valence-corrected chi connectivity index (χ2v) is 4.28. The molecule has 0 amide bonds. The Morgan fingerprint density at radius 3 is 2.93 bits per heavy atom. The number of halogens is 1. The number of nitrogens with one attached hydrogen (secondary N) is 1. The SMILES string of the molecule is Cc1ccc(I)cc1NCCC(=O)O. The molecule has 1 aromatic rings. The van der Waals surface area contributed by atoms with E-state index in [1.165, 1.54) is 0 Å². The lowest BCUT2D eigenvalue weighted by molar-refractivity contribution is -0.136. The van der Waals surface area contributed by atoms with E-state index in [0.29, 0.717) is 6.54 Å². The molecule has 0 spiro atoms. The van der Waals surface area contributed by atoms with Crippen molar-refractivity contribution in [3.8, 4) is 0 Å². The summed E-state index contributed by atoms with van der Waals surface area (Å²) in [5.41, 5.74) is 2.15. The monoisotopic (exact) mass is 305 g/mol. The third-order valence-corrected chi connectivity index (χ3v) is 2.52. The van der Waals surface area contributed by atoms with Crippen molar-refractivity contribution >= 4 is 34.2 Å². The summed E-state index contributed by atoms with van der Waals surface area (Å²) in [5, 5.41) is 11.6. The van der Waals surface area contributed by atoms with Crippen molar-refractivity contribution in [2.24, 2.45) is 0 Å². The first-order chi connectivity index (χ1) is 6.59. The van der Waals surface area contributed by atoms with Crippen LogP contribution in [0.2, 0.25) is 0 Å². The van der Waals surface area contributed by atoms with Crippen molar-refractivity contribution < 1.29 is 9.90 Å². The summed E-state index contributed by atoms with van der Waals surface area (Å²) in [6.45, 7) is 2.47. The topological polar surface area (TPSA) is 49.3 Å². The van der Waals surface area contributed by atoms with E-state index in [9.17, 15) is 4.79 Å². The van der Waals surface area contributed by atoms with Crippen LogP contribution in [0.15, 0.2) is 18.2 Å². The van der Waals surface area contributed by atoms with E-state index in [2.05, 4.69) is 27.9 Å². The van der Waals surface area contributed by atoms with Gasteiger partial charge in [-0.05, 0) is 47.2 Å². The first kappa shape index (κ1) is 11.3. The fourth-order valence-electron chi connectivity index (χ4n) is 1.09. The number of carbonyl (C=O) groups is 1. The first-order valence-corrected chi connectivity index (χ1v) is 5.39. The maximum atomic E-state index is 10.3. The van der Waals surface area contributed by atoms with Crippen molar-refractivity contribution in [3.63, 3.8) is 0 Å². The fraction of sp³-hybridized carbons (Fsp3) is 0.300. The van der Waals surface area contributed by atoms with E-state index in [1.807, 2.05) is 25.1 Å². The summed E-state index contributed by atoms with van der Waals surface area (Å²) in [5.74, 6) is -0.777. The Hall–Kier alpha value is -0.780.